The van der Waals surface area contributed by atoms with Crippen molar-refractivity contribution in [3.05, 3.63) is 45.8 Å². The highest BCUT2D eigenvalue weighted by molar-refractivity contribution is 5.85. The van der Waals surface area contributed by atoms with E-state index in [9.17, 15) is 0 Å². The van der Waals surface area contributed by atoms with Crippen molar-refractivity contribution in [2.24, 2.45) is 0 Å². The molecule has 0 amide bonds. The monoisotopic (exact) mass is 348 g/mol. The third kappa shape index (κ3) is 2.35. The number of aryl methyl sites for hydroxylation is 5. The van der Waals surface area contributed by atoms with Crippen molar-refractivity contribution in [1.82, 2.24) is 14.6 Å². The lowest BCUT2D eigenvalue weighted by atomic mass is 9.94. The van der Waals surface area contributed by atoms with Gasteiger partial charge in [0.05, 0.1) is 11.3 Å². The van der Waals surface area contributed by atoms with Gasteiger partial charge in [0.2, 0.25) is 0 Å². The van der Waals surface area contributed by atoms with Gasteiger partial charge < -0.3 is 4.90 Å². The van der Waals surface area contributed by atoms with E-state index in [1.165, 1.54) is 39.2 Å². The van der Waals surface area contributed by atoms with Crippen LogP contribution in [-0.4, -0.2) is 27.2 Å². The van der Waals surface area contributed by atoms with Gasteiger partial charge in [-0.1, -0.05) is 17.7 Å². The molecular weight excluding hydrogens is 320 g/mol. The molecule has 0 saturated heterocycles. The summed E-state index contributed by atoms with van der Waals surface area (Å²) in [6.07, 6.45) is 1.05. The first-order valence-corrected chi connectivity index (χ1v) is 9.53. The molecule has 0 N–H and O–H groups in total. The van der Waals surface area contributed by atoms with E-state index in [1.807, 2.05) is 0 Å². The summed E-state index contributed by atoms with van der Waals surface area (Å²) in [7, 11) is 0. The Hall–Kier alpha value is -2.36. The molecule has 0 fully saturated rings. The highest BCUT2D eigenvalue weighted by Gasteiger charge is 2.29. The number of hydrogen-bond donors (Lipinski definition) is 0. The molecule has 1 aliphatic heterocycles. The van der Waals surface area contributed by atoms with Crippen LogP contribution in [0.4, 0.5) is 5.82 Å². The molecule has 4 heteroatoms. The second-order valence-corrected chi connectivity index (χ2v) is 8.01. The number of benzene rings is 1. The van der Waals surface area contributed by atoms with Gasteiger partial charge >= 0.3 is 0 Å². The highest BCUT2D eigenvalue weighted by Crippen LogP contribution is 2.38. The topological polar surface area (TPSA) is 33.4 Å². The average molecular weight is 348 g/mol. The Bertz CT molecular complexity index is 1000. The minimum absolute atomic E-state index is 0.456. The van der Waals surface area contributed by atoms with Gasteiger partial charge in [0.1, 0.15) is 5.82 Å². The van der Waals surface area contributed by atoms with E-state index in [2.05, 4.69) is 70.0 Å². The summed E-state index contributed by atoms with van der Waals surface area (Å²) >= 11 is 0. The Morgan fingerprint density at radius 1 is 0.923 bits per heavy atom. The maximum absolute atomic E-state index is 5.02. The summed E-state index contributed by atoms with van der Waals surface area (Å²) in [4.78, 5) is 7.48. The van der Waals surface area contributed by atoms with Crippen molar-refractivity contribution in [3.63, 3.8) is 0 Å². The molecule has 0 unspecified atom stereocenters. The molecule has 0 atom stereocenters. The third-order valence-electron chi connectivity index (χ3n) is 5.64. The van der Waals surface area contributed by atoms with Crippen molar-refractivity contribution in [2.45, 2.75) is 60.9 Å². The maximum Gasteiger partial charge on any atom is 0.165 e. The van der Waals surface area contributed by atoms with Gasteiger partial charge in [-0.25, -0.2) is 4.98 Å². The standard InChI is InChI=1S/C22H28N4/c1-12(2)25-9-8-18-16(6)23-21-20(17(7)24-26(21)22(18)25)19-14(4)10-13(3)11-15(19)5/h10-12H,8-9H2,1-7H3. The predicted octanol–water partition coefficient (Wildman–Crippen LogP) is 4.71. The Morgan fingerprint density at radius 2 is 1.58 bits per heavy atom. The summed E-state index contributed by atoms with van der Waals surface area (Å²) < 4.78 is 2.10. The van der Waals surface area contributed by atoms with Crippen LogP contribution in [0, 0.1) is 34.6 Å². The molecule has 0 radical (unpaired) electrons. The van der Waals surface area contributed by atoms with E-state index in [1.54, 1.807) is 0 Å². The first-order valence-electron chi connectivity index (χ1n) is 9.53. The Kier molecular flexibility index (Phi) is 3.83. The molecule has 26 heavy (non-hydrogen) atoms. The number of aromatic nitrogens is 3. The van der Waals surface area contributed by atoms with Crippen LogP contribution >= 0.6 is 0 Å². The van der Waals surface area contributed by atoms with Crippen LogP contribution in [0.15, 0.2) is 12.1 Å². The molecule has 2 aromatic heterocycles. The molecular formula is C22H28N4. The SMILES string of the molecule is Cc1cc(C)c(-c2c(C)nn3c4c(c(C)nc23)CCN4C(C)C)c(C)c1. The van der Waals surface area contributed by atoms with Gasteiger partial charge in [-0.3, -0.25) is 0 Å². The molecule has 3 heterocycles. The van der Waals surface area contributed by atoms with Gasteiger partial charge in [-0.2, -0.15) is 9.61 Å². The number of fused-ring (bicyclic) bond motifs is 3. The van der Waals surface area contributed by atoms with Crippen LogP contribution in [-0.2, 0) is 6.42 Å². The van der Waals surface area contributed by atoms with E-state index in [-0.39, 0.29) is 0 Å². The van der Waals surface area contributed by atoms with Crippen LogP contribution in [0.5, 0.6) is 0 Å². The maximum atomic E-state index is 5.02. The zero-order chi connectivity index (χ0) is 18.7. The fraction of sp³-hybridized carbons (Fsp3) is 0.455. The molecule has 136 valence electrons. The minimum atomic E-state index is 0.456. The molecule has 0 aliphatic carbocycles. The average Bonchev–Trinajstić information content (AvgIpc) is 3.10. The Morgan fingerprint density at radius 3 is 2.19 bits per heavy atom. The molecule has 0 spiro atoms. The number of nitrogens with zero attached hydrogens (tertiary/aromatic N) is 4. The second kappa shape index (κ2) is 5.83. The first kappa shape index (κ1) is 17.1. The lowest BCUT2D eigenvalue weighted by Crippen LogP contribution is -2.30. The summed E-state index contributed by atoms with van der Waals surface area (Å²) in [5.41, 5.74) is 10.9. The summed E-state index contributed by atoms with van der Waals surface area (Å²) in [6, 6.07) is 4.97. The number of anilines is 1. The van der Waals surface area contributed by atoms with Crippen molar-refractivity contribution in [2.75, 3.05) is 11.4 Å². The highest BCUT2D eigenvalue weighted by atomic mass is 15.4. The van der Waals surface area contributed by atoms with E-state index in [0.29, 0.717) is 6.04 Å². The quantitative estimate of drug-likeness (QED) is 0.672. The molecule has 4 rings (SSSR count). The second-order valence-electron chi connectivity index (χ2n) is 8.01. The van der Waals surface area contributed by atoms with Crippen LogP contribution < -0.4 is 4.90 Å². The van der Waals surface area contributed by atoms with Crippen molar-refractivity contribution >= 4 is 11.5 Å². The number of rotatable bonds is 2. The summed E-state index contributed by atoms with van der Waals surface area (Å²) in [6.45, 7) is 16.3. The van der Waals surface area contributed by atoms with E-state index >= 15 is 0 Å². The van der Waals surface area contributed by atoms with Crippen LogP contribution in [0.25, 0.3) is 16.8 Å². The normalized spacial score (nSPS) is 13.9. The van der Waals surface area contributed by atoms with Gasteiger partial charge in [0.15, 0.2) is 5.65 Å². The van der Waals surface area contributed by atoms with E-state index in [0.717, 1.165) is 30.0 Å². The predicted molar refractivity (Wildman–Crippen MR) is 108 cm³/mol. The number of hydrogen-bond acceptors (Lipinski definition) is 3. The zero-order valence-corrected chi connectivity index (χ0v) is 16.9. The molecule has 1 aliphatic rings. The molecule has 0 bridgehead atoms. The molecule has 1 aromatic carbocycles. The smallest absolute Gasteiger partial charge is 0.165 e. The van der Waals surface area contributed by atoms with E-state index in [4.69, 9.17) is 10.1 Å². The van der Waals surface area contributed by atoms with Crippen LogP contribution in [0.2, 0.25) is 0 Å². The lowest BCUT2D eigenvalue weighted by Gasteiger charge is -2.24. The van der Waals surface area contributed by atoms with Crippen molar-refractivity contribution in [3.8, 4) is 11.1 Å². The van der Waals surface area contributed by atoms with Crippen molar-refractivity contribution in [1.29, 1.82) is 0 Å². The van der Waals surface area contributed by atoms with Crippen molar-refractivity contribution < 1.29 is 0 Å². The first-order chi connectivity index (χ1) is 12.3. The molecule has 4 nitrogen and oxygen atoms in total. The van der Waals surface area contributed by atoms with Gasteiger partial charge in [0.25, 0.3) is 0 Å². The van der Waals surface area contributed by atoms with Gasteiger partial charge in [-0.15, -0.1) is 0 Å². The van der Waals surface area contributed by atoms with Gasteiger partial charge in [-0.05, 0) is 71.6 Å². The fourth-order valence-corrected chi connectivity index (χ4v) is 4.58. The van der Waals surface area contributed by atoms with Crippen LogP contribution in [0.1, 0.15) is 47.5 Å². The van der Waals surface area contributed by atoms with Gasteiger partial charge in [0, 0.05) is 23.8 Å². The Labute approximate surface area is 155 Å². The summed E-state index contributed by atoms with van der Waals surface area (Å²) in [5, 5.41) is 4.95. The van der Waals surface area contributed by atoms with Crippen LogP contribution in [0.3, 0.4) is 0 Å². The summed E-state index contributed by atoms with van der Waals surface area (Å²) in [5.74, 6) is 1.24. The fourth-order valence-electron chi connectivity index (χ4n) is 4.58. The largest absolute Gasteiger partial charge is 0.353 e. The molecule has 3 aromatic rings. The zero-order valence-electron chi connectivity index (χ0n) is 16.9. The third-order valence-corrected chi connectivity index (χ3v) is 5.64. The molecule has 0 saturated carbocycles. The minimum Gasteiger partial charge on any atom is -0.353 e. The lowest BCUT2D eigenvalue weighted by molar-refractivity contribution is 0.690. The Balaban J connectivity index is 2.08. The van der Waals surface area contributed by atoms with E-state index < -0.39 is 0 Å².